The Hall–Kier alpha value is -2.10. The molecular weight excluding hydrogens is 496 g/mol. The van der Waals surface area contributed by atoms with Crippen LogP contribution in [0, 0.1) is 23.7 Å². The fraction of sp³-hybridized carbons (Fsp3) is 0.722. The minimum Gasteiger partial charge on any atom is -0.462 e. The van der Waals surface area contributed by atoms with Crippen molar-refractivity contribution in [2.45, 2.75) is 137 Å². The zero-order chi connectivity index (χ0) is 29.8. The molecule has 0 amide bonds. The van der Waals surface area contributed by atoms with E-state index in [4.69, 9.17) is 9.47 Å². The Morgan fingerprint density at radius 3 is 1.95 bits per heavy atom. The van der Waals surface area contributed by atoms with E-state index >= 15 is 0 Å². The van der Waals surface area contributed by atoms with Gasteiger partial charge in [-0.25, -0.2) is 9.59 Å². The average molecular weight is 557 g/mol. The van der Waals surface area contributed by atoms with Gasteiger partial charge in [0.25, 0.3) is 0 Å². The van der Waals surface area contributed by atoms with Crippen LogP contribution in [0.5, 0.6) is 0 Å². The monoisotopic (exact) mass is 556 g/mol. The number of esters is 2. The summed E-state index contributed by atoms with van der Waals surface area (Å²) in [6, 6.07) is 0. The number of fused-ring (bicyclic) bond motifs is 5. The van der Waals surface area contributed by atoms with E-state index in [1.54, 1.807) is 13.8 Å². The van der Waals surface area contributed by atoms with E-state index in [1.165, 1.54) is 83.5 Å². The largest absolute Gasteiger partial charge is 0.462 e. The Morgan fingerprint density at radius 1 is 0.800 bits per heavy atom. The van der Waals surface area contributed by atoms with E-state index in [2.05, 4.69) is 45.7 Å². The van der Waals surface area contributed by atoms with Gasteiger partial charge in [0.1, 0.15) is 6.10 Å². The highest BCUT2D eigenvalue weighted by Gasteiger charge is 2.53. The van der Waals surface area contributed by atoms with Gasteiger partial charge in [0, 0.05) is 17.1 Å². The van der Waals surface area contributed by atoms with Gasteiger partial charge in [-0.2, -0.15) is 0 Å². The zero-order valence-corrected chi connectivity index (χ0v) is 26.4. The second-order valence-electron chi connectivity index (χ2n) is 12.1. The minimum atomic E-state index is -0.265. The van der Waals surface area contributed by atoms with Gasteiger partial charge in [-0.15, -0.1) is 6.58 Å². The summed E-state index contributed by atoms with van der Waals surface area (Å²) in [5.74, 6) is 2.42. The molecule has 5 unspecified atom stereocenters. The third-order valence-electron chi connectivity index (χ3n) is 8.40. The molecular formula is C36H60O4. The molecule has 5 atom stereocenters. The first kappa shape index (κ1) is 35.9. The van der Waals surface area contributed by atoms with Gasteiger partial charge in [-0.3, -0.25) is 0 Å². The van der Waals surface area contributed by atoms with E-state index in [1.807, 2.05) is 6.08 Å². The fourth-order valence-electron chi connectivity index (χ4n) is 6.10. The molecule has 0 spiro atoms. The molecule has 0 aromatic carbocycles. The Morgan fingerprint density at radius 2 is 1.38 bits per heavy atom. The molecule has 4 heteroatoms. The van der Waals surface area contributed by atoms with Gasteiger partial charge in [-0.05, 0) is 70.1 Å². The standard InChI is InChI=1S/C14H18O2.C12H22O2.C10H20/c1-8(2)14(15)16-13-7-9-6-12(13)11-5-3-4-10(9)11;1-4-5-6-7-8-9-10-14-12(13)11(2)3;1-3-5-7-9-10-8-6-4-2/h3,5,9-13H,1,4,6-7H2,2H3;2,4-10H2,1,3H3;3H,1,4-10H2,2H3. The van der Waals surface area contributed by atoms with Gasteiger partial charge in [-0.1, -0.05) is 109 Å². The first-order chi connectivity index (χ1) is 19.3. The lowest BCUT2D eigenvalue weighted by Gasteiger charge is -2.30. The lowest BCUT2D eigenvalue weighted by molar-refractivity contribution is -0.147. The van der Waals surface area contributed by atoms with Crippen molar-refractivity contribution in [3.63, 3.8) is 0 Å². The Labute approximate surface area is 246 Å². The van der Waals surface area contributed by atoms with Crippen LogP contribution in [-0.2, 0) is 19.1 Å². The first-order valence-electron chi connectivity index (χ1n) is 16.2. The maximum Gasteiger partial charge on any atom is 0.333 e. The maximum absolute atomic E-state index is 11.5. The van der Waals surface area contributed by atoms with Gasteiger partial charge in [0.05, 0.1) is 6.61 Å². The van der Waals surface area contributed by atoms with Crippen LogP contribution < -0.4 is 0 Å². The first-order valence-corrected chi connectivity index (χ1v) is 16.2. The molecule has 0 N–H and O–H groups in total. The van der Waals surface area contributed by atoms with Crippen molar-refractivity contribution in [3.05, 3.63) is 49.1 Å². The van der Waals surface area contributed by atoms with Crippen molar-refractivity contribution in [3.8, 4) is 0 Å². The van der Waals surface area contributed by atoms with Crippen molar-refractivity contribution < 1.29 is 19.1 Å². The van der Waals surface area contributed by atoms with Crippen LogP contribution >= 0.6 is 0 Å². The second kappa shape index (κ2) is 21.6. The quantitative estimate of drug-likeness (QED) is 0.0774. The van der Waals surface area contributed by atoms with E-state index in [0.717, 1.165) is 31.1 Å². The number of hydrogen-bond donors (Lipinski definition) is 0. The molecule has 0 saturated heterocycles. The number of ether oxygens (including phenoxy) is 2. The molecule has 3 aliphatic rings. The lowest BCUT2D eigenvalue weighted by Crippen LogP contribution is -2.32. The molecule has 0 aromatic rings. The molecule has 2 bridgehead atoms. The van der Waals surface area contributed by atoms with Gasteiger partial charge in [0.2, 0.25) is 0 Å². The van der Waals surface area contributed by atoms with E-state index in [0.29, 0.717) is 29.6 Å². The smallest absolute Gasteiger partial charge is 0.333 e. The predicted octanol–water partition coefficient (Wildman–Crippen LogP) is 10.1. The summed E-state index contributed by atoms with van der Waals surface area (Å²) in [7, 11) is 0. The second-order valence-corrected chi connectivity index (χ2v) is 12.1. The SMILES string of the molecule is C=C(C)C(=O)OC1CC2CC1C1C=CCC21.C=C(C)C(=O)OCCCCCCCC.C=CCCCCCCCC. The summed E-state index contributed by atoms with van der Waals surface area (Å²) in [5.41, 5.74) is 0.997. The number of carbonyl (C=O) groups is 2. The molecule has 4 nitrogen and oxygen atoms in total. The number of hydrogen-bond acceptors (Lipinski definition) is 4. The highest BCUT2D eigenvalue weighted by atomic mass is 16.5. The van der Waals surface area contributed by atoms with Crippen LogP contribution in [-0.4, -0.2) is 24.6 Å². The van der Waals surface area contributed by atoms with Gasteiger partial charge < -0.3 is 9.47 Å². The average Bonchev–Trinajstić information content (AvgIpc) is 3.65. The number of allylic oxidation sites excluding steroid dienone is 3. The van der Waals surface area contributed by atoms with Crippen LogP contribution in [0.15, 0.2) is 49.1 Å². The topological polar surface area (TPSA) is 52.6 Å². The van der Waals surface area contributed by atoms with E-state index < -0.39 is 0 Å². The zero-order valence-electron chi connectivity index (χ0n) is 26.4. The summed E-state index contributed by atoms with van der Waals surface area (Å²) in [6.45, 7) is 19.2. The molecule has 2 fully saturated rings. The molecule has 0 heterocycles. The van der Waals surface area contributed by atoms with Crippen LogP contribution in [0.4, 0.5) is 0 Å². The molecule has 3 aliphatic carbocycles. The third-order valence-corrected chi connectivity index (χ3v) is 8.40. The summed E-state index contributed by atoms with van der Waals surface area (Å²) >= 11 is 0. The molecule has 0 radical (unpaired) electrons. The third kappa shape index (κ3) is 14.0. The van der Waals surface area contributed by atoms with Crippen molar-refractivity contribution in [1.29, 1.82) is 0 Å². The molecule has 2 saturated carbocycles. The lowest BCUT2D eigenvalue weighted by atomic mass is 9.80. The summed E-state index contributed by atoms with van der Waals surface area (Å²) < 4.78 is 10.5. The van der Waals surface area contributed by atoms with Crippen molar-refractivity contribution in [2.75, 3.05) is 6.61 Å². The summed E-state index contributed by atoms with van der Waals surface area (Å²) in [4.78, 5) is 22.5. The molecule has 0 aromatic heterocycles. The highest BCUT2D eigenvalue weighted by molar-refractivity contribution is 5.87. The van der Waals surface area contributed by atoms with Crippen molar-refractivity contribution >= 4 is 11.9 Å². The van der Waals surface area contributed by atoms with Crippen molar-refractivity contribution in [1.82, 2.24) is 0 Å². The maximum atomic E-state index is 11.5. The fourth-order valence-corrected chi connectivity index (χ4v) is 6.10. The minimum absolute atomic E-state index is 0.151. The van der Waals surface area contributed by atoms with Gasteiger partial charge >= 0.3 is 11.9 Å². The van der Waals surface area contributed by atoms with E-state index in [-0.39, 0.29) is 18.0 Å². The van der Waals surface area contributed by atoms with Gasteiger partial charge in [0.15, 0.2) is 0 Å². The number of unbranched alkanes of at least 4 members (excludes halogenated alkanes) is 11. The number of rotatable bonds is 17. The molecule has 3 rings (SSSR count). The van der Waals surface area contributed by atoms with Crippen molar-refractivity contribution in [2.24, 2.45) is 23.7 Å². The normalized spacial score (nSPS) is 23.2. The molecule has 228 valence electrons. The Kier molecular flexibility index (Phi) is 19.4. The molecule has 0 aliphatic heterocycles. The Balaban J connectivity index is 0.000000310. The van der Waals surface area contributed by atoms with Crippen LogP contribution in [0.2, 0.25) is 0 Å². The summed E-state index contributed by atoms with van der Waals surface area (Å²) in [6.07, 6.45) is 27.2. The number of carbonyl (C=O) groups excluding carboxylic acids is 2. The predicted molar refractivity (Wildman–Crippen MR) is 169 cm³/mol. The Bertz CT molecular complexity index is 795. The van der Waals surface area contributed by atoms with Crippen LogP contribution in [0.1, 0.15) is 130 Å². The summed E-state index contributed by atoms with van der Waals surface area (Å²) in [5, 5.41) is 0. The highest BCUT2D eigenvalue weighted by Crippen LogP contribution is 2.57. The molecule has 40 heavy (non-hydrogen) atoms. The van der Waals surface area contributed by atoms with Crippen LogP contribution in [0.25, 0.3) is 0 Å². The van der Waals surface area contributed by atoms with Crippen LogP contribution in [0.3, 0.4) is 0 Å². The van der Waals surface area contributed by atoms with E-state index in [9.17, 15) is 9.59 Å².